The maximum atomic E-state index is 10.9. The molecule has 0 unspecified atom stereocenters. The summed E-state index contributed by atoms with van der Waals surface area (Å²) in [5.74, 6) is 0.226. The van der Waals surface area contributed by atoms with Gasteiger partial charge in [0.15, 0.2) is 27.3 Å². The van der Waals surface area contributed by atoms with Crippen LogP contribution in [0.2, 0.25) is 14.8 Å². The number of carbonyl (C=O) groups excluding carboxylic acids is 3. The van der Waals surface area contributed by atoms with Crippen LogP contribution in [0, 0.1) is 0 Å². The Balaban J connectivity index is 0.000000244. The maximum absolute atomic E-state index is 10.9. The number of rotatable bonds is 4. The molecule has 0 aromatic carbocycles. The lowest BCUT2D eigenvalue weighted by Gasteiger charge is -2.02. The third-order valence-corrected chi connectivity index (χ3v) is 5.63. The maximum Gasteiger partial charge on any atom is 0.222 e. The van der Waals surface area contributed by atoms with Gasteiger partial charge in [-0.15, -0.1) is 11.3 Å². The molecule has 3 aromatic heterocycles. The number of nitrogens with zero attached hydrogens (tertiary/aromatic N) is 3. The van der Waals surface area contributed by atoms with Crippen molar-refractivity contribution >= 4 is 81.8 Å². The topological polar surface area (TPSA) is 102 Å². The predicted octanol–water partition coefficient (Wildman–Crippen LogP) is 4.89. The monoisotopic (exact) mass is 462 g/mol. The molecule has 3 rings (SSSR count). The summed E-state index contributed by atoms with van der Waals surface area (Å²) in [5.41, 5.74) is 0.744. The molecule has 27 heavy (non-hydrogen) atoms. The number of anilines is 1. The van der Waals surface area contributed by atoms with Crippen LogP contribution in [0.4, 0.5) is 5.82 Å². The zero-order valence-corrected chi connectivity index (χ0v) is 17.3. The van der Waals surface area contributed by atoms with Crippen LogP contribution >= 0.6 is 57.5 Å². The van der Waals surface area contributed by atoms with Crippen molar-refractivity contribution in [2.45, 2.75) is 6.92 Å². The second-order valence-corrected chi connectivity index (χ2v) is 8.00. The molecule has 12 heteroatoms. The molecule has 0 saturated carbocycles. The first-order valence-corrected chi connectivity index (χ1v) is 9.73. The van der Waals surface area contributed by atoms with Crippen LogP contribution < -0.4 is 5.32 Å². The molecule has 0 aliphatic carbocycles. The molecule has 0 saturated heterocycles. The Morgan fingerprint density at radius 1 is 1.07 bits per heavy atom. The number of halogens is 3. The first kappa shape index (κ1) is 21.4. The largest absolute Gasteiger partial charge is 0.311 e. The molecular weight excluding hydrogens is 455 g/mol. The molecule has 0 fully saturated rings. The highest BCUT2D eigenvalue weighted by molar-refractivity contribution is 7.17. The average Bonchev–Trinajstić information content (AvgIpc) is 3.16. The van der Waals surface area contributed by atoms with Crippen LogP contribution in [0.5, 0.6) is 0 Å². The Morgan fingerprint density at radius 2 is 1.70 bits per heavy atom. The number of thiazole rings is 2. The summed E-state index contributed by atoms with van der Waals surface area (Å²) < 4.78 is 0.294. The lowest BCUT2D eigenvalue weighted by molar-refractivity contribution is -0.114. The van der Waals surface area contributed by atoms with Crippen LogP contribution in [-0.2, 0) is 4.79 Å². The first-order chi connectivity index (χ1) is 12.8. The summed E-state index contributed by atoms with van der Waals surface area (Å²) >= 11 is 18.9. The van der Waals surface area contributed by atoms with E-state index in [1.807, 2.05) is 0 Å². The van der Waals surface area contributed by atoms with Gasteiger partial charge in [-0.1, -0.05) is 46.1 Å². The second-order valence-electron chi connectivity index (χ2n) is 4.64. The molecule has 7 nitrogen and oxygen atoms in total. The van der Waals surface area contributed by atoms with Gasteiger partial charge in [0.05, 0.1) is 0 Å². The van der Waals surface area contributed by atoms with E-state index in [1.165, 1.54) is 18.3 Å². The molecule has 0 aliphatic rings. The zero-order valence-electron chi connectivity index (χ0n) is 13.4. The predicted molar refractivity (Wildman–Crippen MR) is 108 cm³/mol. The van der Waals surface area contributed by atoms with Crippen LogP contribution in [0.25, 0.3) is 10.6 Å². The molecule has 140 valence electrons. The minimum absolute atomic E-state index is 0.181. The fraction of sp³-hybridized carbons (Fsp3) is 0.0667. The number of aldehydes is 2. The number of amides is 1. The smallest absolute Gasteiger partial charge is 0.222 e. The summed E-state index contributed by atoms with van der Waals surface area (Å²) in [7, 11) is 0. The lowest BCUT2D eigenvalue weighted by atomic mass is 10.3. The van der Waals surface area contributed by atoms with E-state index in [4.69, 9.17) is 34.8 Å². The van der Waals surface area contributed by atoms with Crippen molar-refractivity contribution in [2.24, 2.45) is 0 Å². The Hall–Kier alpha value is -1.91. The van der Waals surface area contributed by atoms with Crippen LogP contribution in [0.3, 0.4) is 0 Å². The molecule has 1 N–H and O–H groups in total. The summed E-state index contributed by atoms with van der Waals surface area (Å²) in [5, 5.41) is 3.55. The van der Waals surface area contributed by atoms with E-state index in [0.717, 1.165) is 16.9 Å². The van der Waals surface area contributed by atoms with Gasteiger partial charge in [-0.25, -0.2) is 15.0 Å². The number of pyridine rings is 1. The molecular formula is C15H9Cl3N4O3S2. The molecule has 0 radical (unpaired) electrons. The molecule has 0 spiro atoms. The van der Waals surface area contributed by atoms with Crippen molar-refractivity contribution in [2.75, 3.05) is 5.32 Å². The quantitative estimate of drug-likeness (QED) is 0.553. The summed E-state index contributed by atoms with van der Waals surface area (Å²) in [4.78, 5) is 44.1. The normalized spacial score (nSPS) is 9.93. The van der Waals surface area contributed by atoms with Gasteiger partial charge in [0.1, 0.15) is 20.6 Å². The minimum atomic E-state index is -0.203. The van der Waals surface area contributed by atoms with E-state index in [1.54, 1.807) is 18.3 Å². The van der Waals surface area contributed by atoms with Gasteiger partial charge >= 0.3 is 0 Å². The van der Waals surface area contributed by atoms with Crippen molar-refractivity contribution < 1.29 is 14.4 Å². The summed E-state index contributed by atoms with van der Waals surface area (Å²) in [6.45, 7) is 1.40. The standard InChI is InChI=1S/C11H8ClN3O2S.C4HCl2NOS/c1-6(17)14-9-4-7(2-3-13-9)11-15-10(12)8(5-16)18-11;5-3-2(1-8)9-4(6)7-3/h2-5H,1H3,(H,13,14,17);1H. The highest BCUT2D eigenvalue weighted by atomic mass is 35.5. The van der Waals surface area contributed by atoms with E-state index in [9.17, 15) is 14.4 Å². The van der Waals surface area contributed by atoms with Crippen molar-refractivity contribution in [1.82, 2.24) is 15.0 Å². The fourth-order valence-electron chi connectivity index (χ4n) is 1.68. The molecule has 0 aliphatic heterocycles. The van der Waals surface area contributed by atoms with Gasteiger partial charge in [-0.05, 0) is 12.1 Å². The van der Waals surface area contributed by atoms with E-state index >= 15 is 0 Å². The molecule has 0 atom stereocenters. The number of nitrogens with one attached hydrogen (secondary N) is 1. The lowest BCUT2D eigenvalue weighted by Crippen LogP contribution is -2.07. The number of aromatic nitrogens is 3. The third kappa shape index (κ3) is 6.05. The summed E-state index contributed by atoms with van der Waals surface area (Å²) in [6, 6.07) is 3.40. The van der Waals surface area contributed by atoms with Gasteiger partial charge in [0, 0.05) is 18.7 Å². The summed E-state index contributed by atoms with van der Waals surface area (Å²) in [6.07, 6.45) is 2.85. The average molecular weight is 464 g/mol. The van der Waals surface area contributed by atoms with Crippen molar-refractivity contribution in [3.05, 3.63) is 42.9 Å². The van der Waals surface area contributed by atoms with Crippen LogP contribution in [0.15, 0.2) is 18.3 Å². The van der Waals surface area contributed by atoms with Crippen molar-refractivity contribution in [1.29, 1.82) is 0 Å². The number of hydrogen-bond acceptors (Lipinski definition) is 8. The Bertz CT molecular complexity index is 991. The molecule has 0 bridgehead atoms. The van der Waals surface area contributed by atoms with Gasteiger partial charge in [-0.2, -0.15) is 0 Å². The Labute approximate surface area is 176 Å². The van der Waals surface area contributed by atoms with E-state index < -0.39 is 0 Å². The van der Waals surface area contributed by atoms with E-state index in [-0.39, 0.29) is 16.2 Å². The number of carbonyl (C=O) groups is 3. The highest BCUT2D eigenvalue weighted by Gasteiger charge is 2.11. The van der Waals surface area contributed by atoms with Gasteiger partial charge < -0.3 is 5.32 Å². The minimum Gasteiger partial charge on any atom is -0.311 e. The Morgan fingerprint density at radius 3 is 2.19 bits per heavy atom. The van der Waals surface area contributed by atoms with Crippen molar-refractivity contribution in [3.63, 3.8) is 0 Å². The third-order valence-electron chi connectivity index (χ3n) is 2.72. The van der Waals surface area contributed by atoms with Gasteiger partial charge in [0.25, 0.3) is 0 Å². The molecule has 3 aromatic rings. The SMILES string of the molecule is CC(=O)Nc1cc(-c2nc(Cl)c(C=O)s2)ccn1.O=Cc1sc(Cl)nc1Cl. The second kappa shape index (κ2) is 9.86. The van der Waals surface area contributed by atoms with Crippen LogP contribution in [-0.4, -0.2) is 33.4 Å². The van der Waals surface area contributed by atoms with Crippen LogP contribution in [0.1, 0.15) is 26.3 Å². The zero-order chi connectivity index (χ0) is 20.0. The van der Waals surface area contributed by atoms with Crippen molar-refractivity contribution in [3.8, 4) is 10.6 Å². The van der Waals surface area contributed by atoms with Gasteiger partial charge in [0.2, 0.25) is 5.91 Å². The fourth-order valence-corrected chi connectivity index (χ4v) is 3.91. The first-order valence-electron chi connectivity index (χ1n) is 6.96. The number of hydrogen-bond donors (Lipinski definition) is 1. The van der Waals surface area contributed by atoms with E-state index in [2.05, 4.69) is 20.3 Å². The molecule has 3 heterocycles. The Kier molecular flexibility index (Phi) is 7.81. The van der Waals surface area contributed by atoms with Gasteiger partial charge in [-0.3, -0.25) is 14.4 Å². The highest BCUT2D eigenvalue weighted by Crippen LogP contribution is 2.30. The molecule has 1 amide bonds. The van der Waals surface area contributed by atoms with E-state index in [0.29, 0.717) is 37.6 Å².